The van der Waals surface area contributed by atoms with Crippen molar-refractivity contribution in [3.05, 3.63) is 29.7 Å². The number of carbonyl (C=O) groups is 1. The Morgan fingerprint density at radius 3 is 3.08 bits per heavy atom. The minimum Gasteiger partial charge on any atom is -0.442 e. The number of nitrogens with two attached hydrogens (primary N) is 1. The van der Waals surface area contributed by atoms with Crippen LogP contribution in [-0.4, -0.2) is 10.9 Å². The van der Waals surface area contributed by atoms with Crippen molar-refractivity contribution in [1.82, 2.24) is 4.98 Å². The first-order chi connectivity index (χ1) is 6.20. The van der Waals surface area contributed by atoms with E-state index in [0.29, 0.717) is 22.4 Å². The number of primary amides is 1. The Morgan fingerprint density at radius 1 is 1.62 bits per heavy atom. The summed E-state index contributed by atoms with van der Waals surface area (Å²) in [5.74, 6) is 0.0328. The van der Waals surface area contributed by atoms with Crippen molar-refractivity contribution in [2.75, 3.05) is 0 Å². The van der Waals surface area contributed by atoms with Crippen LogP contribution in [0.1, 0.15) is 16.1 Å². The minimum atomic E-state index is -0.482. The number of pyridine rings is 1. The molecule has 0 atom stereocenters. The topological polar surface area (TPSA) is 69.1 Å². The number of amides is 1. The highest BCUT2D eigenvalue weighted by Crippen LogP contribution is 2.22. The van der Waals surface area contributed by atoms with Crippen LogP contribution in [0.15, 0.2) is 22.7 Å². The lowest BCUT2D eigenvalue weighted by atomic mass is 10.2. The third-order valence-corrected chi connectivity index (χ3v) is 1.89. The van der Waals surface area contributed by atoms with Crippen molar-refractivity contribution < 1.29 is 9.21 Å². The number of rotatable bonds is 1. The lowest BCUT2D eigenvalue weighted by Crippen LogP contribution is -2.11. The molecule has 0 fully saturated rings. The fraction of sp³-hybridized carbons (Fsp3) is 0.111. The number of hydrogen-bond donors (Lipinski definition) is 1. The zero-order valence-electron chi connectivity index (χ0n) is 7.07. The molecule has 2 aromatic heterocycles. The van der Waals surface area contributed by atoms with Crippen LogP contribution in [0.3, 0.4) is 0 Å². The molecule has 0 aromatic carbocycles. The van der Waals surface area contributed by atoms with Crippen LogP contribution in [-0.2, 0) is 0 Å². The van der Waals surface area contributed by atoms with Crippen molar-refractivity contribution in [3.8, 4) is 0 Å². The normalized spacial score (nSPS) is 10.5. The molecule has 66 valence electrons. The summed E-state index contributed by atoms with van der Waals surface area (Å²) in [6.07, 6.45) is 1.61. The van der Waals surface area contributed by atoms with Crippen molar-refractivity contribution in [2.45, 2.75) is 6.92 Å². The third-order valence-electron chi connectivity index (χ3n) is 1.89. The van der Waals surface area contributed by atoms with Gasteiger partial charge in [0.15, 0.2) is 0 Å². The predicted octanol–water partition coefficient (Wildman–Crippen LogP) is 1.24. The van der Waals surface area contributed by atoms with E-state index in [0.717, 1.165) is 0 Å². The molecule has 0 aliphatic rings. The number of nitrogens with zero attached hydrogens (tertiary/aromatic N) is 1. The number of aromatic nitrogens is 1. The van der Waals surface area contributed by atoms with E-state index in [-0.39, 0.29) is 0 Å². The van der Waals surface area contributed by atoms with Crippen LogP contribution in [0.4, 0.5) is 0 Å². The summed E-state index contributed by atoms with van der Waals surface area (Å²) >= 11 is 0. The Bertz CT molecular complexity index is 473. The van der Waals surface area contributed by atoms with E-state index in [1.807, 2.05) is 0 Å². The molecule has 4 nitrogen and oxygen atoms in total. The zero-order chi connectivity index (χ0) is 9.42. The third kappa shape index (κ3) is 1.07. The molecule has 0 radical (unpaired) electrons. The number of aryl methyl sites for hydroxylation is 1. The minimum absolute atomic E-state index is 0.420. The zero-order valence-corrected chi connectivity index (χ0v) is 7.07. The predicted molar refractivity (Wildman–Crippen MR) is 47.3 cm³/mol. The largest absolute Gasteiger partial charge is 0.442 e. The summed E-state index contributed by atoms with van der Waals surface area (Å²) in [6, 6.07) is 3.50. The van der Waals surface area contributed by atoms with Crippen molar-refractivity contribution >= 4 is 17.0 Å². The summed E-state index contributed by atoms with van der Waals surface area (Å²) in [6.45, 7) is 1.70. The van der Waals surface area contributed by atoms with E-state index in [4.69, 9.17) is 10.2 Å². The molecule has 2 N–H and O–H groups in total. The van der Waals surface area contributed by atoms with Gasteiger partial charge in [0.2, 0.25) is 5.71 Å². The number of fused-ring (bicyclic) bond motifs is 1. The van der Waals surface area contributed by atoms with Gasteiger partial charge in [0.25, 0.3) is 5.91 Å². The summed E-state index contributed by atoms with van der Waals surface area (Å²) in [5, 5.41) is 0.674. The molecule has 2 rings (SSSR count). The van der Waals surface area contributed by atoms with Gasteiger partial charge in [-0.15, -0.1) is 0 Å². The van der Waals surface area contributed by atoms with Gasteiger partial charge >= 0.3 is 0 Å². The Morgan fingerprint density at radius 2 is 2.38 bits per heavy atom. The SMILES string of the molecule is Cc1oc2ncccc2c1C(N)=O. The standard InChI is InChI=1S/C9H8N2O2/c1-5-7(8(10)12)6-3-2-4-11-9(6)13-5/h2-4H,1H3,(H2,10,12). The molecule has 2 aromatic rings. The van der Waals surface area contributed by atoms with Crippen molar-refractivity contribution in [3.63, 3.8) is 0 Å². The Hall–Kier alpha value is -1.84. The maximum atomic E-state index is 11.0. The average Bonchev–Trinajstić information content (AvgIpc) is 2.39. The Labute approximate surface area is 74.4 Å². The lowest BCUT2D eigenvalue weighted by Gasteiger charge is -1.90. The first kappa shape index (κ1) is 7.79. The first-order valence-electron chi connectivity index (χ1n) is 3.84. The van der Waals surface area contributed by atoms with E-state index in [1.165, 1.54) is 0 Å². The van der Waals surface area contributed by atoms with Gasteiger partial charge in [-0.3, -0.25) is 4.79 Å². The van der Waals surface area contributed by atoms with Gasteiger partial charge < -0.3 is 10.2 Å². The van der Waals surface area contributed by atoms with Gasteiger partial charge in [0.05, 0.1) is 10.9 Å². The maximum Gasteiger partial charge on any atom is 0.252 e. The highest BCUT2D eigenvalue weighted by Gasteiger charge is 2.15. The van der Waals surface area contributed by atoms with Gasteiger partial charge in [-0.2, -0.15) is 0 Å². The van der Waals surface area contributed by atoms with Gasteiger partial charge in [-0.25, -0.2) is 4.98 Å². The highest BCUT2D eigenvalue weighted by molar-refractivity contribution is 6.05. The molecule has 0 aliphatic carbocycles. The molecule has 13 heavy (non-hydrogen) atoms. The smallest absolute Gasteiger partial charge is 0.252 e. The molecule has 0 unspecified atom stereocenters. The lowest BCUT2D eigenvalue weighted by molar-refractivity contribution is 0.1000. The second-order valence-corrected chi connectivity index (χ2v) is 2.75. The second-order valence-electron chi connectivity index (χ2n) is 2.75. The maximum absolute atomic E-state index is 11.0. The van der Waals surface area contributed by atoms with Gasteiger partial charge in [-0.1, -0.05) is 0 Å². The summed E-state index contributed by atoms with van der Waals surface area (Å²) in [5.41, 5.74) is 6.07. The fourth-order valence-corrected chi connectivity index (χ4v) is 1.35. The molecule has 0 bridgehead atoms. The molecule has 0 spiro atoms. The van der Waals surface area contributed by atoms with E-state index >= 15 is 0 Å². The molecule has 4 heteroatoms. The van der Waals surface area contributed by atoms with Crippen LogP contribution in [0.25, 0.3) is 11.1 Å². The molecule has 1 amide bonds. The van der Waals surface area contributed by atoms with E-state index < -0.39 is 5.91 Å². The van der Waals surface area contributed by atoms with Crippen molar-refractivity contribution in [1.29, 1.82) is 0 Å². The number of furan rings is 1. The van der Waals surface area contributed by atoms with Crippen LogP contribution < -0.4 is 5.73 Å². The first-order valence-corrected chi connectivity index (χ1v) is 3.84. The quantitative estimate of drug-likeness (QED) is 0.710. The van der Waals surface area contributed by atoms with E-state index in [9.17, 15) is 4.79 Å². The van der Waals surface area contributed by atoms with Crippen LogP contribution in [0.5, 0.6) is 0 Å². The second kappa shape index (κ2) is 2.58. The van der Waals surface area contributed by atoms with E-state index in [1.54, 1.807) is 25.3 Å². The summed E-state index contributed by atoms with van der Waals surface area (Å²) < 4.78 is 5.25. The van der Waals surface area contributed by atoms with Crippen LogP contribution in [0, 0.1) is 6.92 Å². The van der Waals surface area contributed by atoms with E-state index in [2.05, 4.69) is 4.98 Å². The number of hydrogen-bond acceptors (Lipinski definition) is 3. The Balaban J connectivity index is 2.86. The highest BCUT2D eigenvalue weighted by atomic mass is 16.3. The van der Waals surface area contributed by atoms with Gasteiger partial charge in [0.1, 0.15) is 5.76 Å². The van der Waals surface area contributed by atoms with Gasteiger partial charge in [0, 0.05) is 6.20 Å². The molecule has 2 heterocycles. The Kier molecular flexibility index (Phi) is 1.55. The van der Waals surface area contributed by atoms with Gasteiger partial charge in [-0.05, 0) is 19.1 Å². The fourth-order valence-electron chi connectivity index (χ4n) is 1.35. The monoisotopic (exact) mass is 176 g/mol. The molecule has 0 saturated heterocycles. The summed E-state index contributed by atoms with van der Waals surface area (Å²) in [4.78, 5) is 15.0. The average molecular weight is 176 g/mol. The van der Waals surface area contributed by atoms with Crippen LogP contribution >= 0.6 is 0 Å². The number of carbonyl (C=O) groups excluding carboxylic acids is 1. The van der Waals surface area contributed by atoms with Crippen LogP contribution in [0.2, 0.25) is 0 Å². The molecule has 0 saturated carbocycles. The molecular weight excluding hydrogens is 168 g/mol. The molecular formula is C9H8N2O2. The molecule has 0 aliphatic heterocycles. The van der Waals surface area contributed by atoms with Crippen molar-refractivity contribution in [2.24, 2.45) is 5.73 Å². The summed E-state index contributed by atoms with van der Waals surface area (Å²) in [7, 11) is 0.